The van der Waals surface area contributed by atoms with Crippen molar-refractivity contribution in [3.05, 3.63) is 144 Å². The van der Waals surface area contributed by atoms with Gasteiger partial charge in [-0.1, -0.05) is 12.1 Å². The molecular weight excluding hydrogens is 729 g/mol. The third kappa shape index (κ3) is 12.4. The highest BCUT2D eigenvalue weighted by Crippen LogP contribution is 2.29. The number of nitrogens with zero attached hydrogens (tertiary/aromatic N) is 4. The Labute approximate surface area is 331 Å². The van der Waals surface area contributed by atoms with Gasteiger partial charge in [-0.3, -0.25) is 30.4 Å². The van der Waals surface area contributed by atoms with Crippen LogP contribution in [-0.2, 0) is 0 Å². The average Bonchev–Trinajstić information content (AvgIpc) is 3.84. The number of nitrogens with two attached hydrogens (primary N) is 2. The van der Waals surface area contributed by atoms with Crippen LogP contribution in [0.15, 0.2) is 85.2 Å². The number of fused-ring (bicyclic) bond motifs is 2. The first kappa shape index (κ1) is 44.2. The monoisotopic (exact) mass is 778 g/mol. The summed E-state index contributed by atoms with van der Waals surface area (Å²) in [5.41, 5.74) is 22.2. The maximum Gasteiger partial charge on any atom is 0.311 e. The minimum absolute atomic E-state index is 0.0191. The van der Waals surface area contributed by atoms with Crippen molar-refractivity contribution in [2.45, 2.75) is 48.5 Å². The van der Waals surface area contributed by atoms with Crippen LogP contribution < -0.4 is 25.7 Å². The molecule has 0 amide bonds. The summed E-state index contributed by atoms with van der Waals surface area (Å²) in [5.74, 6) is 2.05. The lowest BCUT2D eigenvalue weighted by Crippen LogP contribution is -1.95. The number of hydrogen-bond donors (Lipinski definition) is 4. The number of aromatic nitrogens is 4. The van der Waals surface area contributed by atoms with Crippen LogP contribution in [0.4, 0.5) is 22.7 Å². The molecule has 2 aromatic heterocycles. The van der Waals surface area contributed by atoms with Crippen LogP contribution in [0, 0.1) is 68.7 Å². The molecule has 5 aromatic carbocycles. The summed E-state index contributed by atoms with van der Waals surface area (Å²) in [4.78, 5) is 20.3. The predicted octanol–water partition coefficient (Wildman–Crippen LogP) is 9.35. The Kier molecular flexibility index (Phi) is 15.9. The highest BCUT2D eigenvalue weighted by Gasteiger charge is 2.15. The number of nitrogen functional groups attached to an aromatic ring is 2. The molecule has 15 heteroatoms. The molecule has 15 nitrogen and oxygen atoms in total. The zero-order valence-electron chi connectivity index (χ0n) is 33.9. The maximum absolute atomic E-state index is 10.6. The summed E-state index contributed by atoms with van der Waals surface area (Å²) in [6, 6.07) is 22.1. The molecule has 0 unspecified atom stereocenters. The van der Waals surface area contributed by atoms with Crippen LogP contribution in [0.5, 0.6) is 17.2 Å². The number of nitro benzene ring substituents is 2. The molecule has 7 aromatic rings. The van der Waals surface area contributed by atoms with E-state index in [0.717, 1.165) is 66.9 Å². The number of H-pyrrole nitrogens is 2. The number of aryl methyl sites for hydroxylation is 7. The van der Waals surface area contributed by atoms with E-state index in [1.165, 1.54) is 30.4 Å². The third-order valence-electron chi connectivity index (χ3n) is 8.97. The Bertz CT molecular complexity index is 2370. The minimum Gasteiger partial charge on any atom is -0.497 e. The Balaban J connectivity index is 0.000000192. The summed E-state index contributed by atoms with van der Waals surface area (Å²) >= 11 is 0. The van der Waals surface area contributed by atoms with Crippen molar-refractivity contribution < 1.29 is 24.1 Å². The number of nitrogens with one attached hydrogen (secondary N) is 2. The largest absolute Gasteiger partial charge is 0.497 e. The quantitative estimate of drug-likeness (QED) is 0.0731. The molecular formula is C42H50N8O7. The lowest BCUT2D eigenvalue weighted by Gasteiger charge is -2.04. The number of rotatable bonds is 5. The second-order valence-corrected chi connectivity index (χ2v) is 13.1. The van der Waals surface area contributed by atoms with E-state index >= 15 is 0 Å². The molecule has 300 valence electrons. The predicted molar refractivity (Wildman–Crippen MR) is 226 cm³/mol. The smallest absolute Gasteiger partial charge is 0.311 e. The van der Waals surface area contributed by atoms with Gasteiger partial charge in [0.1, 0.15) is 11.5 Å². The van der Waals surface area contributed by atoms with Crippen molar-refractivity contribution in [3.63, 3.8) is 0 Å². The van der Waals surface area contributed by atoms with Gasteiger partial charge < -0.3 is 25.7 Å². The number of aromatic amines is 2. The lowest BCUT2D eigenvalue weighted by molar-refractivity contribution is -0.385. The number of benzene rings is 5. The van der Waals surface area contributed by atoms with Crippen molar-refractivity contribution in [1.82, 2.24) is 20.4 Å². The van der Waals surface area contributed by atoms with E-state index in [1.54, 1.807) is 45.7 Å². The first-order valence-corrected chi connectivity index (χ1v) is 17.6. The van der Waals surface area contributed by atoms with Gasteiger partial charge in [0.05, 0.1) is 54.6 Å². The van der Waals surface area contributed by atoms with Crippen LogP contribution >= 0.6 is 0 Å². The van der Waals surface area contributed by atoms with Crippen molar-refractivity contribution >= 4 is 44.6 Å². The van der Waals surface area contributed by atoms with Crippen LogP contribution in [-0.4, -0.2) is 51.6 Å². The molecule has 0 spiro atoms. The summed E-state index contributed by atoms with van der Waals surface area (Å²) in [7, 11) is 4.74. The Hall–Kier alpha value is -7.16. The van der Waals surface area contributed by atoms with Crippen LogP contribution in [0.1, 0.15) is 38.9 Å². The van der Waals surface area contributed by atoms with E-state index in [1.807, 2.05) is 70.2 Å². The fraction of sp³-hybridized carbons (Fsp3) is 0.238. The highest BCUT2D eigenvalue weighted by atomic mass is 16.6. The zero-order chi connectivity index (χ0) is 42.4. The van der Waals surface area contributed by atoms with Gasteiger partial charge in [-0.2, -0.15) is 10.2 Å². The number of ether oxygens (including phenoxy) is 3. The van der Waals surface area contributed by atoms with Gasteiger partial charge >= 0.3 is 5.69 Å². The van der Waals surface area contributed by atoms with Gasteiger partial charge in [-0.25, -0.2) is 0 Å². The number of nitro groups is 2. The van der Waals surface area contributed by atoms with Crippen molar-refractivity contribution in [3.8, 4) is 17.2 Å². The number of hydrogen-bond acceptors (Lipinski definition) is 11. The molecule has 0 saturated carbocycles. The summed E-state index contributed by atoms with van der Waals surface area (Å²) < 4.78 is 14.9. The second-order valence-electron chi connectivity index (χ2n) is 13.1. The molecule has 0 aliphatic carbocycles. The summed E-state index contributed by atoms with van der Waals surface area (Å²) in [6.07, 6.45) is 3.34. The van der Waals surface area contributed by atoms with Gasteiger partial charge in [-0.05, 0) is 124 Å². The Morgan fingerprint density at radius 2 is 0.982 bits per heavy atom. The van der Waals surface area contributed by atoms with Crippen LogP contribution in [0.3, 0.4) is 0 Å². The van der Waals surface area contributed by atoms with Gasteiger partial charge in [0, 0.05) is 45.9 Å². The van der Waals surface area contributed by atoms with E-state index < -0.39 is 4.92 Å². The lowest BCUT2D eigenvalue weighted by atomic mass is 10.1. The third-order valence-corrected chi connectivity index (χ3v) is 8.97. The zero-order valence-corrected chi connectivity index (χ0v) is 33.9. The average molecular weight is 779 g/mol. The number of anilines is 2. The Morgan fingerprint density at radius 1 is 0.509 bits per heavy atom. The molecule has 0 aliphatic heterocycles. The minimum atomic E-state index is -0.439. The summed E-state index contributed by atoms with van der Waals surface area (Å²) in [6.45, 7) is 13.6. The molecule has 57 heavy (non-hydrogen) atoms. The van der Waals surface area contributed by atoms with E-state index in [4.69, 9.17) is 25.7 Å². The topological polar surface area (TPSA) is 223 Å². The van der Waals surface area contributed by atoms with Gasteiger partial charge in [-0.15, -0.1) is 0 Å². The fourth-order valence-electron chi connectivity index (χ4n) is 5.07. The van der Waals surface area contributed by atoms with Crippen molar-refractivity contribution in [2.75, 3.05) is 32.8 Å². The van der Waals surface area contributed by atoms with Crippen molar-refractivity contribution in [1.29, 1.82) is 0 Å². The first-order chi connectivity index (χ1) is 27.0. The maximum atomic E-state index is 10.6. The first-order valence-electron chi connectivity index (χ1n) is 17.6. The van der Waals surface area contributed by atoms with Crippen molar-refractivity contribution in [2.24, 2.45) is 0 Å². The number of methoxy groups -OCH3 is 3. The molecule has 0 bridgehead atoms. The molecule has 0 saturated heterocycles. The molecule has 0 radical (unpaired) electrons. The Morgan fingerprint density at radius 3 is 1.49 bits per heavy atom. The molecule has 0 aliphatic rings. The van der Waals surface area contributed by atoms with Gasteiger partial charge in [0.25, 0.3) is 5.69 Å². The SMILES string of the molecule is COc1cc(C)c(C)cc1[N+](=O)[O-].COc1ccc(C)c(C)c1.COc1ccc(C)c(N)c1.Cc1cc2[nH]ncc2cc1N.Cc1cc2[nH]ncc2cc1[N+](=O)[O-]. The van der Waals surface area contributed by atoms with E-state index in [9.17, 15) is 20.2 Å². The molecule has 0 atom stereocenters. The highest BCUT2D eigenvalue weighted by molar-refractivity contribution is 5.83. The molecule has 2 heterocycles. The van der Waals surface area contributed by atoms with Gasteiger partial charge in [0.2, 0.25) is 0 Å². The van der Waals surface area contributed by atoms with E-state index in [-0.39, 0.29) is 16.3 Å². The second kappa shape index (κ2) is 20.5. The standard InChI is InChI=1S/C9H11NO3.C9H12O.C8H7N3O2.C8H9N3.C8H11NO/c1-6-4-8(10(11)12)9(13-3)5-7(6)2;1-7-4-5-9(10-3)6-8(7)2;1-5-2-7-6(4-9-10-7)3-8(5)11(12)13;1-5-2-8-6(3-7(5)9)4-10-11-8;1-6-3-4-7(10-2)5-8(6)9/h4-5H,1-3H3;4-6H,1-3H3;2-4H,1H3,(H,9,10);2-4H,9H2,1H3,(H,10,11);3-5H,9H2,1-2H3. The summed E-state index contributed by atoms with van der Waals surface area (Å²) in [5, 5.41) is 36.3. The van der Waals surface area contributed by atoms with Crippen LogP contribution in [0.2, 0.25) is 0 Å². The molecule has 7 rings (SSSR count). The normalized spacial score (nSPS) is 10.0. The van der Waals surface area contributed by atoms with Crippen LogP contribution in [0.25, 0.3) is 21.8 Å². The van der Waals surface area contributed by atoms with E-state index in [0.29, 0.717) is 11.3 Å². The van der Waals surface area contributed by atoms with Gasteiger partial charge in [0.15, 0.2) is 5.75 Å². The fourth-order valence-corrected chi connectivity index (χ4v) is 5.07. The molecule has 6 N–H and O–H groups in total. The van der Waals surface area contributed by atoms with E-state index in [2.05, 4.69) is 40.3 Å². The molecule has 0 fully saturated rings.